The van der Waals surface area contributed by atoms with Crippen molar-refractivity contribution in [1.82, 2.24) is 9.97 Å². The van der Waals surface area contributed by atoms with Crippen molar-refractivity contribution in [2.75, 3.05) is 38.3 Å². The number of rotatable bonds is 6. The summed E-state index contributed by atoms with van der Waals surface area (Å²) in [5, 5.41) is 2.71. The summed E-state index contributed by atoms with van der Waals surface area (Å²) in [5.74, 6) is 1.18. The van der Waals surface area contributed by atoms with E-state index >= 15 is 0 Å². The number of carbonyl (C=O) groups excluding carboxylic acids is 1. The van der Waals surface area contributed by atoms with Crippen LogP contribution in [0.25, 0.3) is 10.6 Å². The second-order valence-corrected chi connectivity index (χ2v) is 7.28. The zero-order valence-electron chi connectivity index (χ0n) is 16.0. The third-order valence-corrected chi connectivity index (χ3v) is 5.48. The minimum absolute atomic E-state index is 0.107. The lowest BCUT2D eigenvalue weighted by Gasteiger charge is -2.27. The van der Waals surface area contributed by atoms with E-state index in [2.05, 4.69) is 14.9 Å². The van der Waals surface area contributed by atoms with Crippen LogP contribution in [0.5, 0.6) is 5.75 Å². The lowest BCUT2D eigenvalue weighted by atomic mass is 10.2. The van der Waals surface area contributed by atoms with E-state index in [1.807, 2.05) is 35.7 Å². The second kappa shape index (κ2) is 9.02. The number of hydrogen-bond acceptors (Lipinski definition) is 8. The molecule has 1 aromatic carbocycles. The number of carbonyl (C=O) groups is 1. The average Bonchev–Trinajstić information content (AvgIpc) is 3.27. The Morgan fingerprint density at radius 3 is 2.79 bits per heavy atom. The van der Waals surface area contributed by atoms with Crippen LogP contribution in [0.2, 0.25) is 0 Å². The monoisotopic (exact) mass is 411 g/mol. The van der Waals surface area contributed by atoms with Gasteiger partial charge in [0.2, 0.25) is 0 Å². The van der Waals surface area contributed by atoms with Crippen molar-refractivity contribution >= 4 is 23.1 Å². The molecule has 0 unspecified atom stereocenters. The summed E-state index contributed by atoms with van der Waals surface area (Å²) in [6.45, 7) is 3.09. The van der Waals surface area contributed by atoms with E-state index in [4.69, 9.17) is 14.2 Å². The lowest BCUT2D eigenvalue weighted by Crippen LogP contribution is -2.36. The van der Waals surface area contributed by atoms with Gasteiger partial charge in [0.1, 0.15) is 23.2 Å². The van der Waals surface area contributed by atoms with Crippen molar-refractivity contribution in [3.8, 4) is 16.3 Å². The number of aromatic nitrogens is 2. The molecule has 150 valence electrons. The zero-order chi connectivity index (χ0) is 20.1. The van der Waals surface area contributed by atoms with E-state index in [1.165, 1.54) is 11.3 Å². The van der Waals surface area contributed by atoms with Crippen LogP contribution in [0.4, 0.5) is 5.82 Å². The Bertz CT molecular complexity index is 968. The van der Waals surface area contributed by atoms with Gasteiger partial charge in [-0.05, 0) is 24.3 Å². The molecule has 1 saturated heterocycles. The van der Waals surface area contributed by atoms with E-state index < -0.39 is 5.97 Å². The Morgan fingerprint density at radius 1 is 1.21 bits per heavy atom. The number of hydrogen-bond donors (Lipinski definition) is 0. The van der Waals surface area contributed by atoms with Gasteiger partial charge in [0.15, 0.2) is 0 Å². The fraction of sp³-hybridized carbons (Fsp3) is 0.286. The first-order valence-electron chi connectivity index (χ1n) is 9.28. The van der Waals surface area contributed by atoms with Crippen LogP contribution in [0.3, 0.4) is 0 Å². The minimum Gasteiger partial charge on any atom is -0.496 e. The number of benzene rings is 1. The van der Waals surface area contributed by atoms with Crippen molar-refractivity contribution in [2.24, 2.45) is 0 Å². The van der Waals surface area contributed by atoms with Gasteiger partial charge in [-0.15, -0.1) is 11.3 Å². The van der Waals surface area contributed by atoms with Crippen LogP contribution < -0.4 is 9.64 Å². The first-order valence-corrected chi connectivity index (χ1v) is 10.2. The van der Waals surface area contributed by atoms with Crippen molar-refractivity contribution in [3.05, 3.63) is 59.2 Å². The van der Waals surface area contributed by atoms with E-state index in [-0.39, 0.29) is 6.61 Å². The number of morpholine rings is 1. The molecule has 8 heteroatoms. The Balaban J connectivity index is 1.37. The van der Waals surface area contributed by atoms with Crippen LogP contribution in [0.15, 0.2) is 48.0 Å². The molecular formula is C21H21N3O4S. The number of anilines is 1. The predicted molar refractivity (Wildman–Crippen MR) is 110 cm³/mol. The molecule has 0 radical (unpaired) electrons. The predicted octanol–water partition coefficient (Wildman–Crippen LogP) is 3.41. The SMILES string of the molecule is COc1ccccc1-c1nc(COC(=O)c2ccc(N3CCOCC3)nc2)cs1. The van der Waals surface area contributed by atoms with Gasteiger partial charge in [0, 0.05) is 24.7 Å². The molecule has 0 N–H and O–H groups in total. The van der Waals surface area contributed by atoms with Gasteiger partial charge in [-0.25, -0.2) is 14.8 Å². The van der Waals surface area contributed by atoms with Gasteiger partial charge in [-0.3, -0.25) is 0 Å². The van der Waals surface area contributed by atoms with Crippen LogP contribution in [-0.4, -0.2) is 49.4 Å². The smallest absolute Gasteiger partial charge is 0.340 e. The van der Waals surface area contributed by atoms with E-state index in [9.17, 15) is 4.79 Å². The van der Waals surface area contributed by atoms with Gasteiger partial charge in [-0.2, -0.15) is 0 Å². The molecular weight excluding hydrogens is 390 g/mol. The van der Waals surface area contributed by atoms with E-state index in [0.29, 0.717) is 24.5 Å². The van der Waals surface area contributed by atoms with E-state index in [1.54, 1.807) is 19.4 Å². The number of methoxy groups -OCH3 is 1. The molecule has 3 aromatic rings. The summed E-state index contributed by atoms with van der Waals surface area (Å²) in [4.78, 5) is 23.4. The topological polar surface area (TPSA) is 73.8 Å². The molecule has 29 heavy (non-hydrogen) atoms. The van der Waals surface area contributed by atoms with Crippen LogP contribution in [0.1, 0.15) is 16.1 Å². The summed E-state index contributed by atoms with van der Waals surface area (Å²) in [5.41, 5.74) is 2.03. The molecule has 1 aliphatic rings. The fourth-order valence-corrected chi connectivity index (χ4v) is 3.86. The first kappa shape index (κ1) is 19.4. The standard InChI is InChI=1S/C21H21N3O4S/c1-26-18-5-3-2-4-17(18)20-23-16(14-29-20)13-28-21(25)15-6-7-19(22-12-15)24-8-10-27-11-9-24/h2-7,12,14H,8-11,13H2,1H3. The molecule has 7 nitrogen and oxygen atoms in total. The van der Waals surface area contributed by atoms with Crippen molar-refractivity contribution in [1.29, 1.82) is 0 Å². The summed E-state index contributed by atoms with van der Waals surface area (Å²) >= 11 is 1.49. The van der Waals surface area contributed by atoms with Crippen molar-refractivity contribution < 1.29 is 19.0 Å². The summed E-state index contributed by atoms with van der Waals surface area (Å²) < 4.78 is 16.1. The van der Waals surface area contributed by atoms with Crippen LogP contribution in [-0.2, 0) is 16.1 Å². The Hall–Kier alpha value is -2.97. The van der Waals surface area contributed by atoms with Gasteiger partial charge in [0.05, 0.1) is 37.1 Å². The molecule has 2 aromatic heterocycles. The molecule has 0 bridgehead atoms. The average molecular weight is 411 g/mol. The highest BCUT2D eigenvalue weighted by molar-refractivity contribution is 7.13. The number of esters is 1. The first-order chi connectivity index (χ1) is 14.2. The number of thiazole rings is 1. The molecule has 0 aliphatic carbocycles. The van der Waals surface area contributed by atoms with Crippen LogP contribution >= 0.6 is 11.3 Å². The zero-order valence-corrected chi connectivity index (χ0v) is 16.9. The second-order valence-electron chi connectivity index (χ2n) is 6.42. The molecule has 3 heterocycles. The normalized spacial score (nSPS) is 13.9. The molecule has 0 saturated carbocycles. The number of pyridine rings is 1. The molecule has 0 spiro atoms. The van der Waals surface area contributed by atoms with Gasteiger partial charge >= 0.3 is 5.97 Å². The summed E-state index contributed by atoms with van der Waals surface area (Å²) in [6.07, 6.45) is 1.55. The van der Waals surface area contributed by atoms with Gasteiger partial charge in [0.25, 0.3) is 0 Å². The third-order valence-electron chi connectivity index (χ3n) is 4.56. The molecule has 1 fully saturated rings. The highest BCUT2D eigenvalue weighted by Gasteiger charge is 2.15. The quantitative estimate of drug-likeness (QED) is 0.576. The highest BCUT2D eigenvalue weighted by atomic mass is 32.1. The summed E-state index contributed by atoms with van der Waals surface area (Å²) in [6, 6.07) is 11.3. The van der Waals surface area contributed by atoms with Gasteiger partial charge < -0.3 is 19.1 Å². The number of ether oxygens (including phenoxy) is 3. The molecule has 0 atom stereocenters. The molecule has 4 rings (SSSR count). The maximum Gasteiger partial charge on any atom is 0.340 e. The lowest BCUT2D eigenvalue weighted by molar-refractivity contribution is 0.0468. The highest BCUT2D eigenvalue weighted by Crippen LogP contribution is 2.32. The van der Waals surface area contributed by atoms with Crippen molar-refractivity contribution in [2.45, 2.75) is 6.61 Å². The molecule has 0 amide bonds. The fourth-order valence-electron chi connectivity index (χ4n) is 3.03. The minimum atomic E-state index is -0.419. The summed E-state index contributed by atoms with van der Waals surface area (Å²) in [7, 11) is 1.63. The maximum atomic E-state index is 12.3. The number of para-hydroxylation sites is 1. The third kappa shape index (κ3) is 4.55. The maximum absolute atomic E-state index is 12.3. The number of nitrogens with zero attached hydrogens (tertiary/aromatic N) is 3. The Morgan fingerprint density at radius 2 is 2.03 bits per heavy atom. The Labute approximate surface area is 172 Å². The largest absolute Gasteiger partial charge is 0.496 e. The Kier molecular flexibility index (Phi) is 6.02. The van der Waals surface area contributed by atoms with Gasteiger partial charge in [-0.1, -0.05) is 12.1 Å². The van der Waals surface area contributed by atoms with E-state index in [0.717, 1.165) is 35.2 Å². The van der Waals surface area contributed by atoms with Crippen LogP contribution in [0, 0.1) is 0 Å². The molecule has 1 aliphatic heterocycles. The van der Waals surface area contributed by atoms with Crippen molar-refractivity contribution in [3.63, 3.8) is 0 Å².